The van der Waals surface area contributed by atoms with Crippen LogP contribution in [-0.4, -0.2) is 41.6 Å². The molecular weight excluding hydrogens is 462 g/mol. The maximum Gasteiger partial charge on any atom is 0.433 e. The summed E-state index contributed by atoms with van der Waals surface area (Å²) in [6.45, 7) is 4.66. The maximum absolute atomic E-state index is 13.7. The number of esters is 1. The molecule has 1 aliphatic heterocycles. The summed E-state index contributed by atoms with van der Waals surface area (Å²) in [5, 5.41) is -0.0159. The van der Waals surface area contributed by atoms with E-state index in [0.29, 0.717) is 6.42 Å². The number of alkyl halides is 6. The van der Waals surface area contributed by atoms with Crippen LogP contribution in [0.15, 0.2) is 24.3 Å². The fraction of sp³-hybridized carbons (Fsp3) is 0.583. The molecule has 0 spiro atoms. The smallest absolute Gasteiger partial charge is 0.433 e. The van der Waals surface area contributed by atoms with Crippen LogP contribution in [0.1, 0.15) is 68.7 Å². The molecule has 0 radical (unpaired) electrons. The molecule has 34 heavy (non-hydrogen) atoms. The lowest BCUT2D eigenvalue weighted by Crippen LogP contribution is -2.41. The van der Waals surface area contributed by atoms with E-state index >= 15 is 0 Å². The molecule has 0 N–H and O–H groups in total. The Morgan fingerprint density at radius 3 is 2.53 bits per heavy atom. The third kappa shape index (κ3) is 6.20. The number of para-hydroxylation sites is 1. The normalized spacial score (nSPS) is 18.8. The first kappa shape index (κ1) is 26.2. The number of likely N-dealkylation sites (tertiary alicyclic amines) is 1. The Bertz CT molecular complexity index is 1000. The molecule has 10 heteroatoms. The lowest BCUT2D eigenvalue weighted by molar-refractivity contribution is -0.143. The third-order valence-corrected chi connectivity index (χ3v) is 6.21. The van der Waals surface area contributed by atoms with Gasteiger partial charge < -0.3 is 9.64 Å². The number of ether oxygens (including phenoxy) is 1. The number of benzene rings is 1. The number of carbonyl (C=O) groups excluding carboxylic acids is 1. The zero-order chi connectivity index (χ0) is 25.1. The van der Waals surface area contributed by atoms with Gasteiger partial charge in [0.1, 0.15) is 5.69 Å². The van der Waals surface area contributed by atoms with E-state index in [1.165, 1.54) is 13.0 Å². The quantitative estimate of drug-likeness (QED) is 0.325. The van der Waals surface area contributed by atoms with E-state index in [4.69, 9.17) is 4.74 Å². The molecule has 2 aromatic rings. The summed E-state index contributed by atoms with van der Waals surface area (Å²) in [4.78, 5) is 17.2. The van der Waals surface area contributed by atoms with E-state index in [0.717, 1.165) is 57.0 Å². The van der Waals surface area contributed by atoms with Gasteiger partial charge >= 0.3 is 18.3 Å². The molecular formula is C24H28F6N2O2. The van der Waals surface area contributed by atoms with Crippen molar-refractivity contribution in [1.82, 2.24) is 9.88 Å². The number of rotatable bonds is 7. The summed E-state index contributed by atoms with van der Waals surface area (Å²) in [7, 11) is 0. The molecule has 2 heterocycles. The van der Waals surface area contributed by atoms with Crippen LogP contribution in [0.2, 0.25) is 0 Å². The average molecular weight is 490 g/mol. The molecule has 4 nitrogen and oxygen atoms in total. The minimum atomic E-state index is -4.94. The molecule has 0 aliphatic carbocycles. The van der Waals surface area contributed by atoms with E-state index in [9.17, 15) is 31.1 Å². The number of aromatic nitrogens is 1. The van der Waals surface area contributed by atoms with Crippen LogP contribution >= 0.6 is 0 Å². The average Bonchev–Trinajstić information content (AvgIpc) is 2.75. The molecule has 0 saturated carbocycles. The SMILES string of the molecule is CCCN1CCCCC1CC(COC(C)=O)c1cc(C(F)(F)F)nc2c(C(F)(F)F)cccc12. The topological polar surface area (TPSA) is 42.4 Å². The predicted octanol–water partition coefficient (Wildman–Crippen LogP) is 6.57. The van der Waals surface area contributed by atoms with Gasteiger partial charge in [0.25, 0.3) is 0 Å². The molecule has 1 saturated heterocycles. The van der Waals surface area contributed by atoms with Crippen LogP contribution in [0.5, 0.6) is 0 Å². The van der Waals surface area contributed by atoms with E-state index in [1.54, 1.807) is 0 Å². The van der Waals surface area contributed by atoms with Crippen LogP contribution in [0.3, 0.4) is 0 Å². The minimum absolute atomic E-state index is 0.0159. The molecule has 2 unspecified atom stereocenters. The predicted molar refractivity (Wildman–Crippen MR) is 115 cm³/mol. The van der Waals surface area contributed by atoms with Gasteiger partial charge in [-0.1, -0.05) is 25.5 Å². The van der Waals surface area contributed by atoms with E-state index < -0.39 is 41.0 Å². The number of hydrogen-bond donors (Lipinski definition) is 0. The van der Waals surface area contributed by atoms with Gasteiger partial charge in [0.05, 0.1) is 17.7 Å². The van der Waals surface area contributed by atoms with Crippen LogP contribution in [-0.2, 0) is 21.9 Å². The number of hydrogen-bond acceptors (Lipinski definition) is 4. The summed E-state index contributed by atoms with van der Waals surface area (Å²) >= 11 is 0. The lowest BCUT2D eigenvalue weighted by Gasteiger charge is -2.37. The van der Waals surface area contributed by atoms with Gasteiger partial charge in [0, 0.05) is 24.3 Å². The number of carbonyl (C=O) groups is 1. The van der Waals surface area contributed by atoms with Crippen LogP contribution in [0.25, 0.3) is 10.9 Å². The summed E-state index contributed by atoms with van der Waals surface area (Å²) in [6, 6.07) is 4.07. The monoisotopic (exact) mass is 490 g/mol. The van der Waals surface area contributed by atoms with Gasteiger partial charge in [-0.3, -0.25) is 4.79 Å². The number of pyridine rings is 1. The Balaban J connectivity index is 2.16. The molecule has 3 rings (SSSR count). The van der Waals surface area contributed by atoms with Gasteiger partial charge in [-0.25, -0.2) is 4.98 Å². The van der Waals surface area contributed by atoms with Crippen LogP contribution in [0, 0.1) is 0 Å². The highest BCUT2D eigenvalue weighted by Gasteiger charge is 2.38. The van der Waals surface area contributed by atoms with Crippen molar-refractivity contribution in [1.29, 1.82) is 0 Å². The highest BCUT2D eigenvalue weighted by atomic mass is 19.4. The number of nitrogens with zero attached hydrogens (tertiary/aromatic N) is 2. The summed E-state index contributed by atoms with van der Waals surface area (Å²) < 4.78 is 87.2. The standard InChI is InChI=1S/C24H28F6N2O2/c1-3-10-32-11-5-4-7-17(32)12-16(14-34-15(2)33)19-13-21(24(28,29)30)31-22-18(19)8-6-9-20(22)23(25,26)27/h6,8-9,13,16-17H,3-5,7,10-12,14H2,1-2H3. The minimum Gasteiger partial charge on any atom is -0.465 e. The van der Waals surface area contributed by atoms with Crippen molar-refractivity contribution in [3.05, 3.63) is 41.1 Å². The van der Waals surface area contributed by atoms with E-state index in [2.05, 4.69) is 9.88 Å². The van der Waals surface area contributed by atoms with Crippen molar-refractivity contribution in [2.75, 3.05) is 19.7 Å². The molecule has 1 aromatic heterocycles. The summed E-state index contributed by atoms with van der Waals surface area (Å²) in [6.07, 6.45) is -5.77. The van der Waals surface area contributed by atoms with Crippen LogP contribution in [0.4, 0.5) is 26.3 Å². The highest BCUT2D eigenvalue weighted by molar-refractivity contribution is 5.86. The zero-order valence-corrected chi connectivity index (χ0v) is 19.1. The molecule has 2 atom stereocenters. The summed E-state index contributed by atoms with van der Waals surface area (Å²) in [5.41, 5.74) is -3.31. The van der Waals surface area contributed by atoms with Crippen molar-refractivity contribution in [2.45, 2.75) is 70.3 Å². The van der Waals surface area contributed by atoms with Crippen molar-refractivity contribution in [3.8, 4) is 0 Å². The van der Waals surface area contributed by atoms with Crippen molar-refractivity contribution < 1.29 is 35.9 Å². The molecule has 1 fully saturated rings. The third-order valence-electron chi connectivity index (χ3n) is 6.21. The lowest BCUT2D eigenvalue weighted by atomic mass is 9.86. The fourth-order valence-corrected chi connectivity index (χ4v) is 4.73. The fourth-order valence-electron chi connectivity index (χ4n) is 4.73. The molecule has 0 bridgehead atoms. The van der Waals surface area contributed by atoms with Gasteiger partial charge in [0.2, 0.25) is 0 Å². The highest BCUT2D eigenvalue weighted by Crippen LogP contribution is 2.41. The van der Waals surface area contributed by atoms with E-state index in [1.807, 2.05) is 6.92 Å². The zero-order valence-electron chi connectivity index (χ0n) is 19.1. The number of halogens is 6. The van der Waals surface area contributed by atoms with Crippen molar-refractivity contribution >= 4 is 16.9 Å². The second-order valence-electron chi connectivity index (χ2n) is 8.71. The van der Waals surface area contributed by atoms with Crippen molar-refractivity contribution in [3.63, 3.8) is 0 Å². The van der Waals surface area contributed by atoms with Gasteiger partial charge in [-0.15, -0.1) is 0 Å². The second-order valence-corrected chi connectivity index (χ2v) is 8.71. The van der Waals surface area contributed by atoms with Gasteiger partial charge in [0.15, 0.2) is 0 Å². The molecule has 0 amide bonds. The molecule has 1 aromatic carbocycles. The number of fused-ring (bicyclic) bond motifs is 1. The van der Waals surface area contributed by atoms with Crippen molar-refractivity contribution in [2.24, 2.45) is 0 Å². The Morgan fingerprint density at radius 2 is 1.91 bits per heavy atom. The molecule has 1 aliphatic rings. The Hall–Kier alpha value is -2.36. The summed E-state index contributed by atoms with van der Waals surface area (Å²) in [5.74, 6) is -1.33. The first-order valence-corrected chi connectivity index (χ1v) is 11.4. The Labute approximate surface area is 194 Å². The maximum atomic E-state index is 13.7. The van der Waals surface area contributed by atoms with Gasteiger partial charge in [-0.05, 0) is 56.5 Å². The second kappa shape index (κ2) is 10.5. The largest absolute Gasteiger partial charge is 0.465 e. The number of piperidine rings is 1. The van der Waals surface area contributed by atoms with E-state index in [-0.39, 0.29) is 23.6 Å². The first-order valence-electron chi connectivity index (χ1n) is 11.4. The Kier molecular flexibility index (Phi) is 8.10. The van der Waals surface area contributed by atoms with Crippen LogP contribution < -0.4 is 0 Å². The Morgan fingerprint density at radius 1 is 1.18 bits per heavy atom. The first-order chi connectivity index (χ1) is 15.9. The van der Waals surface area contributed by atoms with Gasteiger partial charge in [-0.2, -0.15) is 26.3 Å². The molecule has 188 valence electrons.